The summed E-state index contributed by atoms with van der Waals surface area (Å²) in [6.07, 6.45) is 2.71. The number of rotatable bonds is 0. The molecule has 0 unspecified atom stereocenters. The molecular weight excluding hydrogens is 145 g/mol. The fourth-order valence-electron chi connectivity index (χ4n) is 0.965. The highest BCUT2D eigenvalue weighted by Crippen LogP contribution is 2.08. The molecule has 3 nitrogen and oxygen atoms in total. The smallest absolute Gasteiger partial charge is 0.217 e. The first kappa shape index (κ1) is 6.15. The van der Waals surface area contributed by atoms with Gasteiger partial charge in [-0.25, -0.2) is 4.98 Å². The SMILES string of the molecule is Nc1ccn2c(F)cnc2c1. The molecule has 0 radical (unpaired) electrons. The van der Waals surface area contributed by atoms with Crippen LogP contribution in [0.5, 0.6) is 0 Å². The normalized spacial score (nSPS) is 10.6. The molecule has 2 heterocycles. The number of hydrogen-bond donors (Lipinski definition) is 1. The van der Waals surface area contributed by atoms with Crippen LogP contribution in [-0.4, -0.2) is 9.38 Å². The van der Waals surface area contributed by atoms with E-state index in [2.05, 4.69) is 4.98 Å². The van der Waals surface area contributed by atoms with Crippen LogP contribution >= 0.6 is 0 Å². The lowest BCUT2D eigenvalue weighted by Gasteiger charge is -1.94. The Hall–Kier alpha value is -1.58. The lowest BCUT2D eigenvalue weighted by Crippen LogP contribution is -1.90. The molecule has 2 aromatic heterocycles. The first-order chi connectivity index (χ1) is 5.27. The molecule has 0 amide bonds. The van der Waals surface area contributed by atoms with Gasteiger partial charge >= 0.3 is 0 Å². The van der Waals surface area contributed by atoms with Crippen molar-refractivity contribution in [3.05, 3.63) is 30.5 Å². The van der Waals surface area contributed by atoms with Crippen LogP contribution in [0.2, 0.25) is 0 Å². The number of halogens is 1. The van der Waals surface area contributed by atoms with Gasteiger partial charge < -0.3 is 5.73 Å². The monoisotopic (exact) mass is 151 g/mol. The number of imidazole rings is 1. The van der Waals surface area contributed by atoms with Crippen molar-refractivity contribution in [2.45, 2.75) is 0 Å². The van der Waals surface area contributed by atoms with E-state index in [9.17, 15) is 4.39 Å². The van der Waals surface area contributed by atoms with E-state index in [-0.39, 0.29) is 5.95 Å². The second-order valence-electron chi connectivity index (χ2n) is 2.27. The van der Waals surface area contributed by atoms with Crippen molar-refractivity contribution in [1.82, 2.24) is 9.38 Å². The van der Waals surface area contributed by atoms with Gasteiger partial charge in [-0.05, 0) is 6.07 Å². The highest BCUT2D eigenvalue weighted by molar-refractivity contribution is 5.51. The van der Waals surface area contributed by atoms with Crippen LogP contribution in [0.3, 0.4) is 0 Å². The maximum Gasteiger partial charge on any atom is 0.217 e. The van der Waals surface area contributed by atoms with Crippen LogP contribution in [0.1, 0.15) is 0 Å². The van der Waals surface area contributed by atoms with E-state index in [0.29, 0.717) is 11.3 Å². The summed E-state index contributed by atoms with van der Waals surface area (Å²) in [5, 5.41) is 0. The Kier molecular flexibility index (Phi) is 1.09. The second kappa shape index (κ2) is 1.95. The van der Waals surface area contributed by atoms with Gasteiger partial charge in [0.25, 0.3) is 0 Å². The molecule has 0 atom stereocenters. The highest BCUT2D eigenvalue weighted by Gasteiger charge is 1.99. The van der Waals surface area contributed by atoms with Gasteiger partial charge in [0.2, 0.25) is 5.95 Å². The number of fused-ring (bicyclic) bond motifs is 1. The van der Waals surface area contributed by atoms with Gasteiger partial charge in [-0.2, -0.15) is 4.39 Å². The minimum absolute atomic E-state index is 0.375. The third kappa shape index (κ3) is 0.832. The molecule has 2 rings (SSSR count). The maximum atomic E-state index is 12.7. The van der Waals surface area contributed by atoms with Gasteiger partial charge in [0.05, 0.1) is 6.20 Å². The van der Waals surface area contributed by atoms with Crippen molar-refractivity contribution in [3.8, 4) is 0 Å². The van der Waals surface area contributed by atoms with E-state index >= 15 is 0 Å². The van der Waals surface area contributed by atoms with Crippen molar-refractivity contribution in [3.63, 3.8) is 0 Å². The zero-order valence-electron chi connectivity index (χ0n) is 5.66. The lowest BCUT2D eigenvalue weighted by atomic mass is 10.4. The summed E-state index contributed by atoms with van der Waals surface area (Å²) in [7, 11) is 0. The molecule has 0 saturated heterocycles. The molecular formula is C7H6FN3. The molecule has 4 heteroatoms. The molecule has 0 bridgehead atoms. The number of nitrogens with two attached hydrogens (primary N) is 1. The van der Waals surface area contributed by atoms with E-state index in [1.54, 1.807) is 18.3 Å². The Morgan fingerprint density at radius 1 is 1.55 bits per heavy atom. The van der Waals surface area contributed by atoms with Crippen molar-refractivity contribution in [1.29, 1.82) is 0 Å². The number of anilines is 1. The second-order valence-corrected chi connectivity index (χ2v) is 2.27. The first-order valence-corrected chi connectivity index (χ1v) is 3.15. The number of hydrogen-bond acceptors (Lipinski definition) is 2. The minimum Gasteiger partial charge on any atom is -0.399 e. The Morgan fingerprint density at radius 3 is 3.18 bits per heavy atom. The molecule has 0 fully saturated rings. The van der Waals surface area contributed by atoms with Crippen LogP contribution in [-0.2, 0) is 0 Å². The summed E-state index contributed by atoms with van der Waals surface area (Å²) < 4.78 is 14.1. The first-order valence-electron chi connectivity index (χ1n) is 3.15. The van der Waals surface area contributed by atoms with Crippen LogP contribution in [0.15, 0.2) is 24.5 Å². The summed E-state index contributed by atoms with van der Waals surface area (Å²) >= 11 is 0. The Balaban J connectivity index is 2.86. The van der Waals surface area contributed by atoms with Crippen LogP contribution in [0.4, 0.5) is 10.1 Å². The Bertz CT molecular complexity index is 393. The average molecular weight is 151 g/mol. The molecule has 0 spiro atoms. The number of pyridine rings is 1. The number of nitrogen functional groups attached to an aromatic ring is 1. The third-order valence-corrected chi connectivity index (χ3v) is 1.49. The zero-order chi connectivity index (χ0) is 7.84. The van der Waals surface area contributed by atoms with E-state index < -0.39 is 0 Å². The van der Waals surface area contributed by atoms with Crippen molar-refractivity contribution in [2.24, 2.45) is 0 Å². The molecule has 2 aromatic rings. The lowest BCUT2D eigenvalue weighted by molar-refractivity contribution is 0.573. The molecule has 0 aliphatic heterocycles. The van der Waals surface area contributed by atoms with Gasteiger partial charge in [-0.3, -0.25) is 4.40 Å². The molecule has 0 aliphatic rings. The standard InChI is InChI=1S/C7H6FN3/c8-6-4-10-7-3-5(9)1-2-11(6)7/h1-4H,9H2. The minimum atomic E-state index is -0.375. The molecule has 2 N–H and O–H groups in total. The van der Waals surface area contributed by atoms with Crippen LogP contribution in [0.25, 0.3) is 5.65 Å². The van der Waals surface area contributed by atoms with Crippen molar-refractivity contribution in [2.75, 3.05) is 5.73 Å². The van der Waals surface area contributed by atoms with Gasteiger partial charge in [0.15, 0.2) is 0 Å². The number of aromatic nitrogens is 2. The number of nitrogens with zero attached hydrogens (tertiary/aromatic N) is 2. The van der Waals surface area contributed by atoms with Gasteiger partial charge in [-0.1, -0.05) is 0 Å². The quantitative estimate of drug-likeness (QED) is 0.611. The predicted molar refractivity (Wildman–Crippen MR) is 39.6 cm³/mol. The zero-order valence-corrected chi connectivity index (χ0v) is 5.66. The Morgan fingerprint density at radius 2 is 2.36 bits per heavy atom. The molecule has 0 aliphatic carbocycles. The van der Waals surface area contributed by atoms with Gasteiger partial charge in [0.1, 0.15) is 5.65 Å². The maximum absolute atomic E-state index is 12.7. The van der Waals surface area contributed by atoms with Crippen LogP contribution < -0.4 is 5.73 Å². The van der Waals surface area contributed by atoms with Crippen LogP contribution in [0, 0.1) is 5.95 Å². The van der Waals surface area contributed by atoms with E-state index in [0.717, 1.165) is 6.20 Å². The molecule has 56 valence electrons. The largest absolute Gasteiger partial charge is 0.399 e. The van der Waals surface area contributed by atoms with Gasteiger partial charge in [0, 0.05) is 18.0 Å². The summed E-state index contributed by atoms with van der Waals surface area (Å²) in [6, 6.07) is 3.24. The summed E-state index contributed by atoms with van der Waals surface area (Å²) in [4.78, 5) is 3.79. The summed E-state index contributed by atoms with van der Waals surface area (Å²) in [5.74, 6) is -0.375. The molecule has 0 aromatic carbocycles. The molecule has 0 saturated carbocycles. The summed E-state index contributed by atoms with van der Waals surface area (Å²) in [6.45, 7) is 0. The van der Waals surface area contributed by atoms with Crippen molar-refractivity contribution >= 4 is 11.3 Å². The topological polar surface area (TPSA) is 43.3 Å². The van der Waals surface area contributed by atoms with Gasteiger partial charge in [-0.15, -0.1) is 0 Å². The fraction of sp³-hybridized carbons (Fsp3) is 0. The molecule has 11 heavy (non-hydrogen) atoms. The van der Waals surface area contributed by atoms with Crippen molar-refractivity contribution < 1.29 is 4.39 Å². The van der Waals surface area contributed by atoms with E-state index in [4.69, 9.17) is 5.73 Å². The third-order valence-electron chi connectivity index (χ3n) is 1.49. The predicted octanol–water partition coefficient (Wildman–Crippen LogP) is 1.06. The van der Waals surface area contributed by atoms with E-state index in [1.807, 2.05) is 0 Å². The highest BCUT2D eigenvalue weighted by atomic mass is 19.1. The fourth-order valence-corrected chi connectivity index (χ4v) is 0.965. The summed E-state index contributed by atoms with van der Waals surface area (Å²) in [5.41, 5.74) is 6.57. The Labute approximate surface area is 62.3 Å². The van der Waals surface area contributed by atoms with E-state index in [1.165, 1.54) is 4.40 Å². The average Bonchev–Trinajstić information content (AvgIpc) is 2.32.